The van der Waals surface area contributed by atoms with E-state index in [9.17, 15) is 14.4 Å². The zero-order valence-corrected chi connectivity index (χ0v) is 28.8. The number of aromatic nitrogens is 1. The maximum atomic E-state index is 13.8. The Morgan fingerprint density at radius 3 is 2.52 bits per heavy atom. The van der Waals surface area contributed by atoms with E-state index >= 15 is 0 Å². The minimum Gasteiger partial charge on any atom is -0.493 e. The number of ether oxygens (including phenoxy) is 3. The summed E-state index contributed by atoms with van der Waals surface area (Å²) in [4.78, 5) is 43.6. The van der Waals surface area contributed by atoms with Crippen LogP contribution in [0.15, 0.2) is 59.9 Å². The summed E-state index contributed by atoms with van der Waals surface area (Å²) in [5, 5.41) is 6.07. The number of hydrogen-bond donors (Lipinski definition) is 2. The van der Waals surface area contributed by atoms with Gasteiger partial charge in [-0.25, -0.2) is 0 Å². The molecular weight excluding hydrogens is 610 g/mol. The Labute approximate surface area is 282 Å². The molecule has 0 aliphatic carbocycles. The summed E-state index contributed by atoms with van der Waals surface area (Å²) >= 11 is 0. The molecule has 48 heavy (non-hydrogen) atoms. The van der Waals surface area contributed by atoms with Gasteiger partial charge < -0.3 is 34.3 Å². The van der Waals surface area contributed by atoms with Crippen LogP contribution in [0, 0.1) is 0 Å². The number of nitrogens with zero attached hydrogens (tertiary/aromatic N) is 3. The number of fused-ring (bicyclic) bond motifs is 2. The van der Waals surface area contributed by atoms with Crippen LogP contribution >= 0.6 is 0 Å². The maximum Gasteiger partial charge on any atom is 0.260 e. The maximum absolute atomic E-state index is 13.8. The highest BCUT2D eigenvalue weighted by molar-refractivity contribution is 6.05. The minimum absolute atomic E-state index is 0.131. The molecular formula is C37H45N5O6. The standard InChI is InChI=1S/C37H45N5O6/c1-36(2,38-5)23-48-37(3,4)26-12-10-24(11-13-26)25-15-28-19-39-31-18-33(32(46-7)17-30(31)35(45)42(28)20-25)47-14-8-9-34(44)40-27-16-29(22-43)41(6)21-27/h10-13,16-22,28,38H,8-9,14-15,23H2,1-7H3,(H,40,44). The highest BCUT2D eigenvalue weighted by atomic mass is 16.5. The monoisotopic (exact) mass is 655 g/mol. The van der Waals surface area contributed by atoms with Crippen molar-refractivity contribution in [2.24, 2.45) is 12.0 Å². The molecule has 2 amide bonds. The molecule has 254 valence electrons. The van der Waals surface area contributed by atoms with E-state index in [4.69, 9.17) is 14.2 Å². The van der Waals surface area contributed by atoms with E-state index < -0.39 is 5.60 Å². The highest BCUT2D eigenvalue weighted by Gasteiger charge is 2.34. The molecule has 2 N–H and O–H groups in total. The minimum atomic E-state index is -0.458. The van der Waals surface area contributed by atoms with Gasteiger partial charge in [0.05, 0.1) is 54.6 Å². The summed E-state index contributed by atoms with van der Waals surface area (Å²) < 4.78 is 19.5. The van der Waals surface area contributed by atoms with Crippen LogP contribution in [0.2, 0.25) is 0 Å². The number of carbonyl (C=O) groups excluding carboxylic acids is 3. The van der Waals surface area contributed by atoms with Gasteiger partial charge in [0.25, 0.3) is 5.91 Å². The Bertz CT molecular complexity index is 1740. The van der Waals surface area contributed by atoms with Gasteiger partial charge in [-0.3, -0.25) is 19.4 Å². The quantitative estimate of drug-likeness (QED) is 0.165. The number of amides is 2. The lowest BCUT2D eigenvalue weighted by atomic mass is 9.94. The molecule has 2 aliphatic rings. The molecule has 5 rings (SSSR count). The molecule has 0 bridgehead atoms. The fourth-order valence-electron chi connectivity index (χ4n) is 5.58. The zero-order valence-electron chi connectivity index (χ0n) is 28.8. The van der Waals surface area contributed by atoms with E-state index in [2.05, 4.69) is 67.6 Å². The second-order valence-electron chi connectivity index (χ2n) is 13.3. The lowest BCUT2D eigenvalue weighted by Gasteiger charge is -2.32. The number of rotatable bonds is 14. The van der Waals surface area contributed by atoms with Crippen molar-refractivity contribution in [2.75, 3.05) is 32.7 Å². The Morgan fingerprint density at radius 2 is 1.85 bits per heavy atom. The lowest BCUT2D eigenvalue weighted by molar-refractivity contribution is -0.116. The molecule has 1 aromatic heterocycles. The predicted octanol–water partition coefficient (Wildman–Crippen LogP) is 5.87. The van der Waals surface area contributed by atoms with E-state index in [0.717, 1.165) is 23.0 Å². The van der Waals surface area contributed by atoms with Crippen LogP contribution in [-0.4, -0.2) is 72.7 Å². The first-order chi connectivity index (χ1) is 22.8. The van der Waals surface area contributed by atoms with Gasteiger partial charge in [-0.2, -0.15) is 0 Å². The van der Waals surface area contributed by atoms with Crippen LogP contribution in [0.25, 0.3) is 5.57 Å². The normalized spacial score (nSPS) is 15.8. The summed E-state index contributed by atoms with van der Waals surface area (Å²) in [6.07, 6.45) is 7.46. The summed E-state index contributed by atoms with van der Waals surface area (Å²) in [6.45, 7) is 9.18. The van der Waals surface area contributed by atoms with Gasteiger partial charge in [0.15, 0.2) is 17.8 Å². The number of aldehydes is 1. The molecule has 11 nitrogen and oxygen atoms in total. The number of hydrogen-bond acceptors (Lipinski definition) is 8. The Hall–Kier alpha value is -4.74. The summed E-state index contributed by atoms with van der Waals surface area (Å²) in [5.41, 5.74) is 4.55. The van der Waals surface area contributed by atoms with Gasteiger partial charge in [-0.05, 0) is 70.0 Å². The van der Waals surface area contributed by atoms with Crippen molar-refractivity contribution < 1.29 is 28.6 Å². The van der Waals surface area contributed by atoms with Crippen LogP contribution in [0.3, 0.4) is 0 Å². The van der Waals surface area contributed by atoms with Crippen LogP contribution in [0.5, 0.6) is 11.5 Å². The van der Waals surface area contributed by atoms with Crippen molar-refractivity contribution in [1.82, 2.24) is 14.8 Å². The number of aliphatic imine (C=N–C) groups is 1. The van der Waals surface area contributed by atoms with Gasteiger partial charge in [0.2, 0.25) is 5.91 Å². The van der Waals surface area contributed by atoms with Gasteiger partial charge in [-0.1, -0.05) is 24.3 Å². The molecule has 0 saturated carbocycles. The van der Waals surface area contributed by atoms with E-state index in [1.54, 1.807) is 40.9 Å². The predicted molar refractivity (Wildman–Crippen MR) is 186 cm³/mol. The van der Waals surface area contributed by atoms with Crippen molar-refractivity contribution in [3.05, 3.63) is 77.2 Å². The second-order valence-corrected chi connectivity index (χ2v) is 13.3. The van der Waals surface area contributed by atoms with Crippen molar-refractivity contribution >= 4 is 41.3 Å². The Balaban J connectivity index is 1.22. The number of benzene rings is 2. The van der Waals surface area contributed by atoms with E-state index in [1.807, 2.05) is 19.5 Å². The molecule has 2 aromatic carbocycles. The molecule has 11 heteroatoms. The number of anilines is 1. The van der Waals surface area contributed by atoms with Crippen LogP contribution in [0.1, 0.15) is 78.9 Å². The first-order valence-electron chi connectivity index (χ1n) is 16.1. The third kappa shape index (κ3) is 7.69. The lowest BCUT2D eigenvalue weighted by Crippen LogP contribution is -2.43. The average molecular weight is 656 g/mol. The van der Waals surface area contributed by atoms with Gasteiger partial charge in [0, 0.05) is 50.1 Å². The van der Waals surface area contributed by atoms with E-state index in [1.165, 1.54) is 7.11 Å². The Kier molecular flexibility index (Phi) is 10.2. The fraction of sp³-hybridized carbons (Fsp3) is 0.405. The average Bonchev–Trinajstić information content (AvgIpc) is 3.63. The second kappa shape index (κ2) is 14.2. The van der Waals surface area contributed by atoms with Crippen molar-refractivity contribution in [3.63, 3.8) is 0 Å². The molecule has 1 unspecified atom stereocenters. The van der Waals surface area contributed by atoms with E-state index in [0.29, 0.717) is 53.6 Å². The van der Waals surface area contributed by atoms with Gasteiger partial charge in [-0.15, -0.1) is 0 Å². The van der Waals surface area contributed by atoms with Crippen molar-refractivity contribution in [2.45, 2.75) is 64.1 Å². The smallest absolute Gasteiger partial charge is 0.260 e. The SMILES string of the molecule is CNC(C)(C)COC(C)(C)c1ccc(C2=CN3C(=O)c4cc(OC)c(OCCCC(=O)Nc5cc(C=O)n(C)c5)cc4N=CC3C2)cc1. The number of aryl methyl sites for hydroxylation is 1. The van der Waals surface area contributed by atoms with Crippen LogP contribution in [-0.2, 0) is 22.2 Å². The third-order valence-corrected chi connectivity index (χ3v) is 8.89. The Morgan fingerprint density at radius 1 is 1.10 bits per heavy atom. The van der Waals surface area contributed by atoms with Crippen LogP contribution in [0.4, 0.5) is 11.4 Å². The fourth-order valence-corrected chi connectivity index (χ4v) is 5.58. The van der Waals surface area contributed by atoms with Crippen LogP contribution < -0.4 is 20.1 Å². The van der Waals surface area contributed by atoms with Crippen molar-refractivity contribution in [1.29, 1.82) is 0 Å². The van der Waals surface area contributed by atoms with Crippen molar-refractivity contribution in [3.8, 4) is 11.5 Å². The number of methoxy groups -OCH3 is 1. The molecule has 0 saturated heterocycles. The number of nitrogens with one attached hydrogen (secondary N) is 2. The molecule has 0 spiro atoms. The number of likely N-dealkylation sites (N-methyl/N-ethyl adjacent to an activating group) is 1. The highest BCUT2D eigenvalue weighted by Crippen LogP contribution is 2.40. The molecule has 0 radical (unpaired) electrons. The topological polar surface area (TPSA) is 123 Å². The molecule has 1 atom stereocenters. The summed E-state index contributed by atoms with van der Waals surface area (Å²) in [5.74, 6) is 0.505. The third-order valence-electron chi connectivity index (χ3n) is 8.89. The first-order valence-corrected chi connectivity index (χ1v) is 16.1. The zero-order chi connectivity index (χ0) is 34.6. The van der Waals surface area contributed by atoms with Gasteiger partial charge in [0.1, 0.15) is 0 Å². The molecule has 2 aliphatic heterocycles. The first kappa shape index (κ1) is 34.6. The van der Waals surface area contributed by atoms with E-state index in [-0.39, 0.29) is 36.4 Å². The molecule has 0 fully saturated rings. The largest absolute Gasteiger partial charge is 0.493 e. The van der Waals surface area contributed by atoms with Gasteiger partial charge >= 0.3 is 0 Å². The summed E-state index contributed by atoms with van der Waals surface area (Å²) in [6, 6.07) is 13.1. The molecule has 3 heterocycles. The molecule has 3 aromatic rings. The number of carbonyl (C=O) groups is 3. The summed E-state index contributed by atoms with van der Waals surface area (Å²) in [7, 11) is 5.19.